The lowest BCUT2D eigenvalue weighted by atomic mass is 10.0. The molecule has 0 aromatic carbocycles. The first-order valence-corrected chi connectivity index (χ1v) is 39.5. The maximum Gasteiger partial charge on any atom is 0.305 e. The number of amides is 1. The Bertz CT molecular complexity index is 1290. The van der Waals surface area contributed by atoms with E-state index in [0.717, 1.165) is 38.5 Å². The summed E-state index contributed by atoms with van der Waals surface area (Å²) in [5.74, 6) is -0.0325. The molecule has 0 saturated carbocycles. The van der Waals surface area contributed by atoms with Crippen LogP contribution in [0, 0.1) is 0 Å². The van der Waals surface area contributed by atoms with Crippen LogP contribution in [0.25, 0.3) is 0 Å². The van der Waals surface area contributed by atoms with Crippen LogP contribution in [-0.2, 0) is 14.3 Å². The molecule has 0 rings (SSSR count). The van der Waals surface area contributed by atoms with Gasteiger partial charge in [0.15, 0.2) is 0 Å². The second-order valence-corrected chi connectivity index (χ2v) is 27.4. The molecule has 0 saturated heterocycles. The molecule has 0 heterocycles. The van der Waals surface area contributed by atoms with Gasteiger partial charge in [0.1, 0.15) is 0 Å². The third-order valence-electron chi connectivity index (χ3n) is 18.8. The maximum atomic E-state index is 12.5. The molecule has 0 aromatic heterocycles. The standard InChI is InChI=1S/C79H155NO5/c1-3-5-7-9-11-13-15-17-19-21-36-40-43-47-51-55-59-63-67-71-77(82)76(75-81)80-78(83)72-68-64-60-56-52-48-44-41-37-34-32-30-28-26-24-22-23-25-27-29-31-33-35-38-42-46-50-54-58-62-66-70-74-85-79(84)73-69-65-61-57-53-49-45-39-20-18-16-14-12-10-8-6-4-2/h67,71,76-77,81-82H,3-66,68-70,72-75H2,1-2H3,(H,80,83)/b71-67+. The van der Waals surface area contributed by atoms with Gasteiger partial charge in [0.25, 0.3) is 0 Å². The molecule has 6 nitrogen and oxygen atoms in total. The molecule has 0 fully saturated rings. The van der Waals surface area contributed by atoms with Crippen LogP contribution >= 0.6 is 0 Å². The van der Waals surface area contributed by atoms with E-state index in [1.165, 1.54) is 392 Å². The molecule has 6 heteroatoms. The van der Waals surface area contributed by atoms with Crippen molar-refractivity contribution >= 4 is 11.9 Å². The first-order valence-electron chi connectivity index (χ1n) is 39.5. The van der Waals surface area contributed by atoms with Gasteiger partial charge >= 0.3 is 5.97 Å². The van der Waals surface area contributed by atoms with Crippen molar-refractivity contribution in [1.82, 2.24) is 5.32 Å². The highest BCUT2D eigenvalue weighted by Gasteiger charge is 2.18. The minimum absolute atomic E-state index is 0.0262. The first kappa shape index (κ1) is 83.6. The minimum Gasteiger partial charge on any atom is -0.466 e. The van der Waals surface area contributed by atoms with Crippen LogP contribution in [0.15, 0.2) is 12.2 Å². The Morgan fingerprint density at radius 2 is 0.541 bits per heavy atom. The van der Waals surface area contributed by atoms with E-state index >= 15 is 0 Å². The van der Waals surface area contributed by atoms with Crippen LogP contribution in [0.5, 0.6) is 0 Å². The van der Waals surface area contributed by atoms with Crippen molar-refractivity contribution in [1.29, 1.82) is 0 Å². The van der Waals surface area contributed by atoms with E-state index in [0.29, 0.717) is 19.4 Å². The summed E-state index contributed by atoms with van der Waals surface area (Å²) in [5.41, 5.74) is 0. The Morgan fingerprint density at radius 1 is 0.318 bits per heavy atom. The lowest BCUT2D eigenvalue weighted by Gasteiger charge is -2.20. The number of nitrogens with one attached hydrogen (secondary N) is 1. The molecular weight excluding hydrogens is 1040 g/mol. The number of ether oxygens (including phenoxy) is 1. The predicted octanol–water partition coefficient (Wildman–Crippen LogP) is 25.9. The van der Waals surface area contributed by atoms with Gasteiger partial charge in [-0.3, -0.25) is 9.59 Å². The second-order valence-electron chi connectivity index (χ2n) is 27.4. The Labute approximate surface area is 533 Å². The molecule has 0 spiro atoms. The van der Waals surface area contributed by atoms with Gasteiger partial charge in [-0.25, -0.2) is 0 Å². The summed E-state index contributed by atoms with van der Waals surface area (Å²) >= 11 is 0. The van der Waals surface area contributed by atoms with Gasteiger partial charge < -0.3 is 20.3 Å². The molecule has 0 aliphatic rings. The second kappa shape index (κ2) is 75.1. The third kappa shape index (κ3) is 71.6. The number of aliphatic hydroxyl groups is 2. The fourth-order valence-electron chi connectivity index (χ4n) is 12.8. The van der Waals surface area contributed by atoms with Crippen molar-refractivity contribution in [3.05, 3.63) is 12.2 Å². The zero-order chi connectivity index (χ0) is 61.3. The van der Waals surface area contributed by atoms with Crippen LogP contribution in [0.4, 0.5) is 0 Å². The third-order valence-corrected chi connectivity index (χ3v) is 18.8. The SMILES string of the molecule is CCCCCCCCCCCCCCCCCCC/C=C/C(O)C(CO)NC(=O)CCCCCCCCCCCCCCCCCCCCCCCCCCCCCCCCCCOC(=O)CCCCCCCCCCCCCCCCCCC. The molecule has 85 heavy (non-hydrogen) atoms. The molecule has 0 radical (unpaired) electrons. The van der Waals surface area contributed by atoms with E-state index in [1.807, 2.05) is 6.08 Å². The average molecular weight is 1200 g/mol. The summed E-state index contributed by atoms with van der Waals surface area (Å²) in [6.07, 6.45) is 94.8. The zero-order valence-corrected chi connectivity index (χ0v) is 58.1. The van der Waals surface area contributed by atoms with Gasteiger partial charge in [-0.2, -0.15) is 0 Å². The highest BCUT2D eigenvalue weighted by molar-refractivity contribution is 5.76. The molecule has 0 aliphatic carbocycles. The molecule has 0 aromatic rings. The van der Waals surface area contributed by atoms with Crippen molar-refractivity contribution in [3.63, 3.8) is 0 Å². The number of hydrogen-bond acceptors (Lipinski definition) is 5. The van der Waals surface area contributed by atoms with E-state index in [2.05, 4.69) is 19.2 Å². The number of aliphatic hydroxyl groups excluding tert-OH is 2. The fraction of sp³-hybridized carbons (Fsp3) is 0.949. The maximum absolute atomic E-state index is 12.5. The monoisotopic (exact) mass is 1200 g/mol. The van der Waals surface area contributed by atoms with E-state index in [9.17, 15) is 19.8 Å². The number of rotatable bonds is 75. The van der Waals surface area contributed by atoms with Crippen LogP contribution in [0.1, 0.15) is 457 Å². The average Bonchev–Trinajstić information content (AvgIpc) is 3.51. The predicted molar refractivity (Wildman–Crippen MR) is 375 cm³/mol. The van der Waals surface area contributed by atoms with Crippen molar-refractivity contribution < 1.29 is 24.5 Å². The van der Waals surface area contributed by atoms with Gasteiger partial charge in [-0.15, -0.1) is 0 Å². The quantitative estimate of drug-likeness (QED) is 0.0320. The molecular formula is C79H155NO5. The molecule has 0 bridgehead atoms. The van der Waals surface area contributed by atoms with Crippen LogP contribution < -0.4 is 5.32 Å². The highest BCUT2D eigenvalue weighted by Crippen LogP contribution is 2.20. The number of esters is 1. The number of allylic oxidation sites excluding steroid dienone is 1. The van der Waals surface area contributed by atoms with Crippen LogP contribution in [0.3, 0.4) is 0 Å². The largest absolute Gasteiger partial charge is 0.466 e. The molecule has 1 amide bonds. The Hall–Kier alpha value is -1.40. The molecule has 506 valence electrons. The number of carbonyl (C=O) groups is 2. The summed E-state index contributed by atoms with van der Waals surface area (Å²) in [6, 6.07) is -0.624. The first-order chi connectivity index (χ1) is 42.0. The summed E-state index contributed by atoms with van der Waals surface area (Å²) in [7, 11) is 0. The van der Waals surface area contributed by atoms with Crippen molar-refractivity contribution in [2.24, 2.45) is 0 Å². The Kier molecular flexibility index (Phi) is 73.8. The van der Waals surface area contributed by atoms with Crippen LogP contribution in [0.2, 0.25) is 0 Å². The van der Waals surface area contributed by atoms with Gasteiger partial charge in [0, 0.05) is 12.8 Å². The van der Waals surface area contributed by atoms with Gasteiger partial charge in [-0.1, -0.05) is 424 Å². The molecule has 3 N–H and O–H groups in total. The van der Waals surface area contributed by atoms with Crippen molar-refractivity contribution in [2.45, 2.75) is 469 Å². The summed E-state index contributed by atoms with van der Waals surface area (Å²) in [4.78, 5) is 24.6. The minimum atomic E-state index is -0.841. The van der Waals surface area contributed by atoms with E-state index < -0.39 is 12.1 Å². The topological polar surface area (TPSA) is 95.9 Å². The smallest absolute Gasteiger partial charge is 0.305 e. The molecule has 2 unspecified atom stereocenters. The Balaban J connectivity index is 3.32. The van der Waals surface area contributed by atoms with Gasteiger partial charge in [0.05, 0.1) is 25.4 Å². The highest BCUT2D eigenvalue weighted by atomic mass is 16.5. The fourth-order valence-corrected chi connectivity index (χ4v) is 12.8. The number of unbranched alkanes of at least 4 members (excludes halogenated alkanes) is 64. The normalized spacial score (nSPS) is 12.5. The summed E-state index contributed by atoms with van der Waals surface area (Å²) in [6.45, 7) is 4.97. The van der Waals surface area contributed by atoms with Gasteiger partial charge in [-0.05, 0) is 32.1 Å². The summed E-state index contributed by atoms with van der Waals surface area (Å²) < 4.78 is 5.52. The summed E-state index contributed by atoms with van der Waals surface area (Å²) in [5, 5.41) is 23.3. The number of hydrogen-bond donors (Lipinski definition) is 3. The lowest BCUT2D eigenvalue weighted by molar-refractivity contribution is -0.143. The van der Waals surface area contributed by atoms with Crippen LogP contribution in [-0.4, -0.2) is 47.4 Å². The lowest BCUT2D eigenvalue weighted by Crippen LogP contribution is -2.45. The van der Waals surface area contributed by atoms with Crippen molar-refractivity contribution in [2.75, 3.05) is 13.2 Å². The van der Waals surface area contributed by atoms with E-state index in [4.69, 9.17) is 4.74 Å². The van der Waals surface area contributed by atoms with Crippen molar-refractivity contribution in [3.8, 4) is 0 Å². The molecule has 2 atom stereocenters. The van der Waals surface area contributed by atoms with E-state index in [1.54, 1.807) is 6.08 Å². The van der Waals surface area contributed by atoms with Gasteiger partial charge in [0.2, 0.25) is 5.91 Å². The Morgan fingerprint density at radius 3 is 0.800 bits per heavy atom. The number of carbonyl (C=O) groups excluding carboxylic acids is 2. The zero-order valence-electron chi connectivity index (χ0n) is 58.1. The molecule has 0 aliphatic heterocycles. The van der Waals surface area contributed by atoms with E-state index in [-0.39, 0.29) is 18.5 Å².